The molecule has 0 radical (unpaired) electrons. The number of ketones is 1. The first-order valence-electron chi connectivity index (χ1n) is 10.8. The van der Waals surface area contributed by atoms with Crippen LogP contribution < -0.4 is 20.1 Å². The fourth-order valence-corrected chi connectivity index (χ4v) is 3.31. The molecule has 4 aromatic rings. The van der Waals surface area contributed by atoms with E-state index in [9.17, 15) is 9.59 Å². The molecule has 0 unspecified atom stereocenters. The second-order valence-electron chi connectivity index (χ2n) is 7.45. The van der Waals surface area contributed by atoms with E-state index in [1.807, 2.05) is 42.5 Å². The van der Waals surface area contributed by atoms with Gasteiger partial charge in [0.25, 0.3) is 0 Å². The molecule has 172 valence electrons. The van der Waals surface area contributed by atoms with E-state index in [2.05, 4.69) is 20.6 Å². The van der Waals surface area contributed by atoms with Crippen LogP contribution in [0.3, 0.4) is 0 Å². The van der Waals surface area contributed by atoms with Crippen LogP contribution in [0.5, 0.6) is 17.4 Å². The molecule has 4 rings (SSSR count). The summed E-state index contributed by atoms with van der Waals surface area (Å²) in [6, 6.07) is 19.7. The fourth-order valence-electron chi connectivity index (χ4n) is 3.31. The number of carbonyl (C=O) groups excluding carboxylic acids is 2. The van der Waals surface area contributed by atoms with Gasteiger partial charge in [-0.1, -0.05) is 37.3 Å². The van der Waals surface area contributed by atoms with Crippen LogP contribution >= 0.6 is 0 Å². The maximum atomic E-state index is 12.4. The predicted molar refractivity (Wildman–Crippen MR) is 130 cm³/mol. The lowest BCUT2D eigenvalue weighted by Gasteiger charge is -2.12. The molecule has 34 heavy (non-hydrogen) atoms. The highest BCUT2D eigenvalue weighted by atomic mass is 16.5. The average molecular weight is 457 g/mol. The first-order valence-corrected chi connectivity index (χ1v) is 10.8. The quantitative estimate of drug-likeness (QED) is 0.347. The molecule has 0 bridgehead atoms. The number of nitrogens with zero attached hydrogens (tertiary/aromatic N) is 2. The van der Waals surface area contributed by atoms with Gasteiger partial charge in [-0.2, -0.15) is 0 Å². The number of benzene rings is 2. The van der Waals surface area contributed by atoms with E-state index in [1.165, 1.54) is 7.11 Å². The third kappa shape index (κ3) is 5.47. The van der Waals surface area contributed by atoms with Crippen molar-refractivity contribution in [1.29, 1.82) is 0 Å². The number of methoxy groups -OCH3 is 1. The molecule has 0 spiro atoms. The molecule has 0 aliphatic carbocycles. The van der Waals surface area contributed by atoms with Crippen molar-refractivity contribution in [2.24, 2.45) is 0 Å². The zero-order valence-corrected chi connectivity index (χ0v) is 18.9. The number of hydrogen-bond acceptors (Lipinski definition) is 6. The van der Waals surface area contributed by atoms with E-state index >= 15 is 0 Å². The number of amides is 2. The molecule has 8 heteroatoms. The Labute approximate surface area is 197 Å². The molecule has 0 fully saturated rings. The highest BCUT2D eigenvalue weighted by Crippen LogP contribution is 2.27. The minimum atomic E-state index is -0.374. The lowest BCUT2D eigenvalue weighted by molar-refractivity contribution is 0.0983. The normalized spacial score (nSPS) is 10.5. The second-order valence-corrected chi connectivity index (χ2v) is 7.45. The predicted octanol–water partition coefficient (Wildman–Crippen LogP) is 5.35. The van der Waals surface area contributed by atoms with Gasteiger partial charge in [0, 0.05) is 30.6 Å². The van der Waals surface area contributed by atoms with Crippen molar-refractivity contribution in [3.63, 3.8) is 0 Å². The van der Waals surface area contributed by atoms with Crippen LogP contribution in [0.1, 0.15) is 29.4 Å². The molecule has 0 atom stereocenters. The number of rotatable bonds is 8. The van der Waals surface area contributed by atoms with Gasteiger partial charge in [0.05, 0.1) is 12.6 Å². The minimum absolute atomic E-state index is 0.0396. The average Bonchev–Trinajstić information content (AvgIpc) is 2.87. The molecule has 2 heterocycles. The Balaban J connectivity index is 1.35. The van der Waals surface area contributed by atoms with E-state index in [1.54, 1.807) is 37.4 Å². The number of hydrogen-bond donors (Lipinski definition) is 2. The van der Waals surface area contributed by atoms with Crippen molar-refractivity contribution in [3.05, 3.63) is 84.2 Å². The van der Waals surface area contributed by atoms with Gasteiger partial charge in [0.1, 0.15) is 22.9 Å². The summed E-state index contributed by atoms with van der Waals surface area (Å²) in [5.74, 6) is 1.45. The SMILES string of the molecule is CCC(=O)c1cc(Oc2ccc(CNC(=O)Nc3cc4ccccc4nc3OC)cc2)ccn1. The van der Waals surface area contributed by atoms with Crippen LogP contribution in [0.4, 0.5) is 10.5 Å². The van der Waals surface area contributed by atoms with Crippen LogP contribution in [0, 0.1) is 0 Å². The molecular formula is C26H24N4O4. The highest BCUT2D eigenvalue weighted by Gasteiger charge is 2.11. The van der Waals surface area contributed by atoms with Gasteiger partial charge in [0.2, 0.25) is 5.88 Å². The lowest BCUT2D eigenvalue weighted by atomic mass is 10.2. The molecule has 0 aliphatic heterocycles. The third-order valence-corrected chi connectivity index (χ3v) is 5.08. The monoisotopic (exact) mass is 456 g/mol. The maximum Gasteiger partial charge on any atom is 0.319 e. The highest BCUT2D eigenvalue weighted by molar-refractivity contribution is 5.94. The van der Waals surface area contributed by atoms with Crippen molar-refractivity contribution in [1.82, 2.24) is 15.3 Å². The molecule has 2 N–H and O–H groups in total. The number of aromatic nitrogens is 2. The first kappa shape index (κ1) is 22.7. The van der Waals surface area contributed by atoms with Crippen molar-refractivity contribution in [2.75, 3.05) is 12.4 Å². The number of nitrogens with one attached hydrogen (secondary N) is 2. The van der Waals surface area contributed by atoms with Gasteiger partial charge in [-0.15, -0.1) is 0 Å². The first-order chi connectivity index (χ1) is 16.6. The number of urea groups is 1. The van der Waals surface area contributed by atoms with Crippen LogP contribution in [0.15, 0.2) is 72.9 Å². The Morgan fingerprint density at radius 3 is 2.53 bits per heavy atom. The second kappa shape index (κ2) is 10.4. The molecule has 0 aliphatic rings. The minimum Gasteiger partial charge on any atom is -0.479 e. The molecule has 2 aromatic carbocycles. The Morgan fingerprint density at radius 2 is 1.76 bits per heavy atom. The van der Waals surface area contributed by atoms with E-state index in [0.717, 1.165) is 16.5 Å². The van der Waals surface area contributed by atoms with Crippen LogP contribution in [0.25, 0.3) is 10.9 Å². The van der Waals surface area contributed by atoms with Crippen LogP contribution in [-0.4, -0.2) is 28.9 Å². The van der Waals surface area contributed by atoms with Gasteiger partial charge in [0.15, 0.2) is 5.78 Å². The standard InChI is InChI=1S/C26H24N4O4/c1-3-24(31)22-15-20(12-13-27-22)34-19-10-8-17(9-11-19)16-28-26(32)30-23-14-18-6-4-5-7-21(18)29-25(23)33-2/h4-15H,3,16H2,1-2H3,(H2,28,30,32). The van der Waals surface area contributed by atoms with Gasteiger partial charge >= 0.3 is 6.03 Å². The Morgan fingerprint density at radius 1 is 0.971 bits per heavy atom. The van der Waals surface area contributed by atoms with E-state index in [-0.39, 0.29) is 11.8 Å². The van der Waals surface area contributed by atoms with E-state index < -0.39 is 0 Å². The summed E-state index contributed by atoms with van der Waals surface area (Å²) < 4.78 is 11.1. The van der Waals surface area contributed by atoms with Crippen molar-refractivity contribution in [3.8, 4) is 17.4 Å². The Kier molecular flexibility index (Phi) is 6.98. The summed E-state index contributed by atoms with van der Waals surface area (Å²) in [5.41, 5.74) is 2.54. The maximum absolute atomic E-state index is 12.4. The van der Waals surface area contributed by atoms with Gasteiger partial charge in [-0.25, -0.2) is 9.78 Å². The van der Waals surface area contributed by atoms with Gasteiger partial charge in [-0.05, 0) is 35.9 Å². The zero-order chi connectivity index (χ0) is 23.9. The number of Topliss-reactive ketones (excluding diaryl/α,β-unsaturated/α-hetero) is 1. The summed E-state index contributed by atoms with van der Waals surface area (Å²) in [7, 11) is 1.51. The number of anilines is 1. The van der Waals surface area contributed by atoms with Crippen molar-refractivity contribution >= 4 is 28.4 Å². The Bertz CT molecular complexity index is 1320. The summed E-state index contributed by atoms with van der Waals surface area (Å²) >= 11 is 0. The summed E-state index contributed by atoms with van der Waals surface area (Å²) in [4.78, 5) is 32.8. The van der Waals surface area contributed by atoms with Crippen molar-refractivity contribution < 1.29 is 19.1 Å². The molecule has 0 saturated heterocycles. The number of fused-ring (bicyclic) bond motifs is 1. The third-order valence-electron chi connectivity index (χ3n) is 5.08. The van der Waals surface area contributed by atoms with E-state index in [4.69, 9.17) is 9.47 Å². The number of carbonyl (C=O) groups is 2. The van der Waals surface area contributed by atoms with Crippen LogP contribution in [0.2, 0.25) is 0 Å². The summed E-state index contributed by atoms with van der Waals surface area (Å²) in [5, 5.41) is 6.51. The molecule has 2 amide bonds. The molecule has 8 nitrogen and oxygen atoms in total. The Hall–Kier alpha value is -4.46. The topological polar surface area (TPSA) is 102 Å². The molecule has 2 aromatic heterocycles. The van der Waals surface area contributed by atoms with E-state index in [0.29, 0.717) is 41.7 Å². The van der Waals surface area contributed by atoms with Gasteiger partial charge < -0.3 is 20.1 Å². The lowest BCUT2D eigenvalue weighted by Crippen LogP contribution is -2.28. The molecular weight excluding hydrogens is 432 g/mol. The molecule has 0 saturated carbocycles. The smallest absolute Gasteiger partial charge is 0.319 e. The summed E-state index contributed by atoms with van der Waals surface area (Å²) in [6.07, 6.45) is 1.94. The zero-order valence-electron chi connectivity index (χ0n) is 18.9. The fraction of sp³-hybridized carbons (Fsp3) is 0.154. The van der Waals surface area contributed by atoms with Crippen molar-refractivity contribution in [2.45, 2.75) is 19.9 Å². The largest absolute Gasteiger partial charge is 0.479 e. The number of para-hydroxylation sites is 1. The number of ether oxygens (including phenoxy) is 2. The van der Waals surface area contributed by atoms with Crippen LogP contribution in [-0.2, 0) is 6.54 Å². The van der Waals surface area contributed by atoms with Gasteiger partial charge in [-0.3, -0.25) is 9.78 Å². The summed E-state index contributed by atoms with van der Waals surface area (Å²) in [6.45, 7) is 2.11. The number of pyridine rings is 2.